The van der Waals surface area contributed by atoms with Crippen LogP contribution in [0.5, 0.6) is 0 Å². The van der Waals surface area contributed by atoms with Crippen LogP contribution in [0.1, 0.15) is 11.1 Å². The molecule has 0 spiro atoms. The van der Waals surface area contributed by atoms with E-state index in [1.54, 1.807) is 0 Å². The molecule has 1 aromatic rings. The molecular weight excluding hydrogens is 216 g/mol. The molecule has 1 rings (SSSR count). The topological polar surface area (TPSA) is 35.5 Å². The molecule has 0 unspecified atom stereocenters. The number of hydrogen-bond acceptors (Lipinski definition) is 3. The quantitative estimate of drug-likeness (QED) is 0.412. The number of rotatable bonds is 7. The van der Waals surface area contributed by atoms with Crippen LogP contribution >= 0.6 is 0 Å². The van der Waals surface area contributed by atoms with Crippen LogP contribution in [0.4, 0.5) is 0 Å². The van der Waals surface area contributed by atoms with E-state index in [0.29, 0.717) is 19.6 Å². The molecule has 0 aliphatic rings. The highest BCUT2D eigenvalue weighted by atomic mass is 16.5. The normalized spacial score (nSPS) is 9.41. The number of benzene rings is 1. The van der Waals surface area contributed by atoms with E-state index in [-0.39, 0.29) is 0 Å². The smallest absolute Gasteiger partial charge is 0.330 e. The van der Waals surface area contributed by atoms with Gasteiger partial charge in [0.2, 0.25) is 0 Å². The van der Waals surface area contributed by atoms with Gasteiger partial charge in [-0.15, -0.1) is 0 Å². The lowest BCUT2D eigenvalue weighted by Crippen LogP contribution is -2.04. The second kappa shape index (κ2) is 7.28. The molecule has 3 heteroatoms. The van der Waals surface area contributed by atoms with Crippen LogP contribution in [0.15, 0.2) is 49.8 Å². The van der Waals surface area contributed by atoms with E-state index in [9.17, 15) is 4.79 Å². The van der Waals surface area contributed by atoms with Crippen LogP contribution < -0.4 is 0 Å². The van der Waals surface area contributed by atoms with Crippen molar-refractivity contribution in [1.29, 1.82) is 0 Å². The molecule has 0 bridgehead atoms. The second-order valence-corrected chi connectivity index (χ2v) is 3.42. The zero-order chi connectivity index (χ0) is 12.5. The van der Waals surface area contributed by atoms with Gasteiger partial charge < -0.3 is 9.47 Å². The highest BCUT2D eigenvalue weighted by Crippen LogP contribution is 2.07. The van der Waals surface area contributed by atoms with Gasteiger partial charge in [0, 0.05) is 12.5 Å². The molecule has 0 aliphatic carbocycles. The lowest BCUT2D eigenvalue weighted by Gasteiger charge is -2.05. The first kappa shape index (κ1) is 13.0. The van der Waals surface area contributed by atoms with Gasteiger partial charge in [-0.2, -0.15) is 0 Å². The van der Waals surface area contributed by atoms with Gasteiger partial charge in [0.05, 0.1) is 12.9 Å². The Labute approximate surface area is 101 Å². The third-order valence-corrected chi connectivity index (χ3v) is 2.16. The van der Waals surface area contributed by atoms with E-state index >= 15 is 0 Å². The Morgan fingerprint density at radius 1 is 1.29 bits per heavy atom. The molecule has 0 aliphatic heterocycles. The maximum absolute atomic E-state index is 10.8. The summed E-state index contributed by atoms with van der Waals surface area (Å²) in [5, 5.41) is 0. The summed E-state index contributed by atoms with van der Waals surface area (Å²) in [5.74, 6) is -0.392. The molecule has 90 valence electrons. The zero-order valence-corrected chi connectivity index (χ0v) is 9.72. The van der Waals surface area contributed by atoms with Crippen molar-refractivity contribution in [3.8, 4) is 0 Å². The van der Waals surface area contributed by atoms with Gasteiger partial charge in [-0.3, -0.25) is 0 Å². The third-order valence-electron chi connectivity index (χ3n) is 2.16. The van der Waals surface area contributed by atoms with Gasteiger partial charge >= 0.3 is 5.97 Å². The summed E-state index contributed by atoms with van der Waals surface area (Å²) in [5.41, 5.74) is 2.17. The van der Waals surface area contributed by atoms with Crippen molar-refractivity contribution in [2.75, 3.05) is 6.61 Å². The highest BCUT2D eigenvalue weighted by Gasteiger charge is 1.99. The van der Waals surface area contributed by atoms with Crippen molar-refractivity contribution in [1.82, 2.24) is 0 Å². The molecule has 0 saturated heterocycles. The summed E-state index contributed by atoms with van der Waals surface area (Å²) < 4.78 is 10.0. The lowest BCUT2D eigenvalue weighted by atomic mass is 10.1. The molecule has 0 N–H and O–H groups in total. The van der Waals surface area contributed by atoms with Crippen LogP contribution in [0.2, 0.25) is 0 Å². The van der Waals surface area contributed by atoms with Crippen LogP contribution in [0.3, 0.4) is 0 Å². The first-order chi connectivity index (χ1) is 8.26. The number of hydrogen-bond donors (Lipinski definition) is 0. The fourth-order valence-electron chi connectivity index (χ4n) is 1.36. The van der Waals surface area contributed by atoms with Crippen molar-refractivity contribution in [3.05, 3.63) is 60.9 Å². The van der Waals surface area contributed by atoms with Crippen molar-refractivity contribution in [3.63, 3.8) is 0 Å². The van der Waals surface area contributed by atoms with E-state index in [2.05, 4.69) is 13.2 Å². The minimum Gasteiger partial charge on any atom is -0.497 e. The minimum atomic E-state index is -0.392. The SMILES string of the molecule is C=COCc1cccc(CCOC(=O)C=C)c1. The molecule has 17 heavy (non-hydrogen) atoms. The van der Waals surface area contributed by atoms with Crippen LogP contribution in [0, 0.1) is 0 Å². The van der Waals surface area contributed by atoms with E-state index < -0.39 is 5.97 Å². The number of carbonyl (C=O) groups is 1. The Balaban J connectivity index is 2.45. The van der Waals surface area contributed by atoms with E-state index in [0.717, 1.165) is 17.2 Å². The summed E-state index contributed by atoms with van der Waals surface area (Å²) in [6.45, 7) is 7.68. The summed E-state index contributed by atoms with van der Waals surface area (Å²) in [7, 11) is 0. The summed E-state index contributed by atoms with van der Waals surface area (Å²) >= 11 is 0. The molecule has 0 saturated carbocycles. The largest absolute Gasteiger partial charge is 0.497 e. The Kier molecular flexibility index (Phi) is 5.58. The fourth-order valence-corrected chi connectivity index (χ4v) is 1.36. The van der Waals surface area contributed by atoms with Gasteiger partial charge in [-0.05, 0) is 11.1 Å². The van der Waals surface area contributed by atoms with Gasteiger partial charge in [-0.25, -0.2) is 4.79 Å². The first-order valence-corrected chi connectivity index (χ1v) is 5.35. The van der Waals surface area contributed by atoms with E-state index in [1.807, 2.05) is 24.3 Å². The van der Waals surface area contributed by atoms with Crippen molar-refractivity contribution >= 4 is 5.97 Å². The van der Waals surface area contributed by atoms with Crippen molar-refractivity contribution in [2.24, 2.45) is 0 Å². The Bertz CT molecular complexity index is 396. The van der Waals surface area contributed by atoms with Crippen molar-refractivity contribution < 1.29 is 14.3 Å². The number of carbonyl (C=O) groups excluding carboxylic acids is 1. The molecule has 0 radical (unpaired) electrons. The maximum atomic E-state index is 10.8. The molecule has 1 aromatic carbocycles. The van der Waals surface area contributed by atoms with Crippen LogP contribution in [-0.2, 0) is 27.3 Å². The molecule has 3 nitrogen and oxygen atoms in total. The average molecular weight is 232 g/mol. The summed E-state index contributed by atoms with van der Waals surface area (Å²) in [6.07, 6.45) is 3.26. The third kappa shape index (κ3) is 5.02. The highest BCUT2D eigenvalue weighted by molar-refractivity contribution is 5.81. The Morgan fingerprint density at radius 3 is 2.76 bits per heavy atom. The molecule has 0 amide bonds. The first-order valence-electron chi connectivity index (χ1n) is 5.35. The van der Waals surface area contributed by atoms with Gasteiger partial charge in [-0.1, -0.05) is 37.4 Å². The summed E-state index contributed by atoms with van der Waals surface area (Å²) in [4.78, 5) is 10.8. The molecule has 0 aromatic heterocycles. The van der Waals surface area contributed by atoms with Crippen LogP contribution in [-0.4, -0.2) is 12.6 Å². The average Bonchev–Trinajstić information content (AvgIpc) is 2.36. The van der Waals surface area contributed by atoms with E-state index in [1.165, 1.54) is 6.26 Å². The Morgan fingerprint density at radius 2 is 2.06 bits per heavy atom. The predicted octanol–water partition coefficient (Wildman–Crippen LogP) is 2.62. The molecule has 0 fully saturated rings. The van der Waals surface area contributed by atoms with Gasteiger partial charge in [0.25, 0.3) is 0 Å². The number of ether oxygens (including phenoxy) is 2. The number of esters is 1. The maximum Gasteiger partial charge on any atom is 0.330 e. The second-order valence-electron chi connectivity index (χ2n) is 3.42. The Hall–Kier alpha value is -2.03. The van der Waals surface area contributed by atoms with Crippen LogP contribution in [0.25, 0.3) is 0 Å². The van der Waals surface area contributed by atoms with Crippen molar-refractivity contribution in [2.45, 2.75) is 13.0 Å². The lowest BCUT2D eigenvalue weighted by molar-refractivity contribution is -0.137. The molecule has 0 heterocycles. The molecule has 0 atom stereocenters. The standard InChI is InChI=1S/C14H16O3/c1-3-14(15)17-9-8-12-6-5-7-13(10-12)11-16-4-2/h3-7,10H,1-2,8-9,11H2. The van der Waals surface area contributed by atoms with Gasteiger partial charge in [0.1, 0.15) is 6.61 Å². The van der Waals surface area contributed by atoms with E-state index in [4.69, 9.17) is 9.47 Å². The predicted molar refractivity (Wildman–Crippen MR) is 66.3 cm³/mol. The zero-order valence-electron chi connectivity index (χ0n) is 9.72. The monoisotopic (exact) mass is 232 g/mol. The molecular formula is C14H16O3. The minimum absolute atomic E-state index is 0.358. The summed E-state index contributed by atoms with van der Waals surface area (Å²) in [6, 6.07) is 7.93. The fraction of sp³-hybridized carbons (Fsp3) is 0.214. The van der Waals surface area contributed by atoms with Gasteiger partial charge in [0.15, 0.2) is 0 Å².